The van der Waals surface area contributed by atoms with Crippen LogP contribution in [0.3, 0.4) is 0 Å². The molecule has 0 aromatic carbocycles. The number of nitrogens with zero attached hydrogens (tertiary/aromatic N) is 2. The quantitative estimate of drug-likeness (QED) is 0.698. The highest BCUT2D eigenvalue weighted by Gasteiger charge is 2.35. The van der Waals surface area contributed by atoms with Crippen molar-refractivity contribution in [2.24, 2.45) is 0 Å². The maximum atomic E-state index is 12.6. The van der Waals surface area contributed by atoms with Gasteiger partial charge in [-0.3, -0.25) is 9.69 Å². The van der Waals surface area contributed by atoms with Gasteiger partial charge in [-0.15, -0.1) is 11.3 Å². The highest BCUT2D eigenvalue weighted by atomic mass is 32.1. The predicted octanol–water partition coefficient (Wildman–Crippen LogP) is 1.58. The summed E-state index contributed by atoms with van der Waals surface area (Å²) in [5.41, 5.74) is 0.920. The number of urea groups is 1. The number of ether oxygens (including phenoxy) is 1. The van der Waals surface area contributed by atoms with Gasteiger partial charge >= 0.3 is 12.0 Å². The molecule has 2 N–H and O–H groups in total. The average Bonchev–Trinajstić information content (AvgIpc) is 3.47. The number of nitrogens with one attached hydrogen (secondary N) is 2. The van der Waals surface area contributed by atoms with E-state index in [-0.39, 0.29) is 11.9 Å². The fraction of sp³-hybridized carbons (Fsp3) is 0.350. The molecular weight excluding hydrogens is 408 g/mol. The summed E-state index contributed by atoms with van der Waals surface area (Å²) in [7, 11) is 1.33. The van der Waals surface area contributed by atoms with Crippen LogP contribution >= 0.6 is 11.3 Å². The first-order valence-corrected chi connectivity index (χ1v) is 10.4. The molecule has 0 saturated carbocycles. The van der Waals surface area contributed by atoms with Gasteiger partial charge in [0.05, 0.1) is 25.0 Å². The molecule has 2 aliphatic heterocycles. The number of amides is 3. The number of rotatable bonds is 5. The number of piperazine rings is 1. The Morgan fingerprint density at radius 2 is 2.03 bits per heavy atom. The number of furan rings is 1. The zero-order chi connectivity index (χ0) is 21.1. The molecular formula is C20H22N4O5S. The summed E-state index contributed by atoms with van der Waals surface area (Å²) < 4.78 is 10.2. The summed E-state index contributed by atoms with van der Waals surface area (Å²) in [6.45, 7) is 2.65. The second-order valence-corrected chi connectivity index (χ2v) is 7.96. The first-order valence-electron chi connectivity index (χ1n) is 9.54. The van der Waals surface area contributed by atoms with Crippen LogP contribution in [0, 0.1) is 0 Å². The van der Waals surface area contributed by atoms with Gasteiger partial charge in [-0.05, 0) is 23.6 Å². The van der Waals surface area contributed by atoms with Crippen molar-refractivity contribution in [3.63, 3.8) is 0 Å². The van der Waals surface area contributed by atoms with E-state index in [2.05, 4.69) is 15.5 Å². The van der Waals surface area contributed by atoms with E-state index in [4.69, 9.17) is 9.15 Å². The van der Waals surface area contributed by atoms with E-state index >= 15 is 0 Å². The zero-order valence-corrected chi connectivity index (χ0v) is 17.2. The van der Waals surface area contributed by atoms with E-state index in [0.29, 0.717) is 49.8 Å². The Labute approximate surface area is 177 Å². The molecule has 0 radical (unpaired) electrons. The normalized spacial score (nSPS) is 20.0. The topological polar surface area (TPSA) is 104 Å². The predicted molar refractivity (Wildman–Crippen MR) is 109 cm³/mol. The number of carbonyl (C=O) groups is 3. The van der Waals surface area contributed by atoms with E-state index in [0.717, 1.165) is 4.88 Å². The van der Waals surface area contributed by atoms with Crippen molar-refractivity contribution in [1.29, 1.82) is 0 Å². The molecule has 158 valence electrons. The summed E-state index contributed by atoms with van der Waals surface area (Å²) in [5.74, 6) is -0.298. The van der Waals surface area contributed by atoms with Crippen molar-refractivity contribution < 1.29 is 23.5 Å². The fourth-order valence-corrected chi connectivity index (χ4v) is 4.44. The van der Waals surface area contributed by atoms with Gasteiger partial charge in [0.15, 0.2) is 5.76 Å². The summed E-state index contributed by atoms with van der Waals surface area (Å²) in [6, 6.07) is 6.18. The first kappa shape index (κ1) is 20.2. The molecule has 2 aromatic rings. The minimum Gasteiger partial charge on any atom is -0.466 e. The Hall–Kier alpha value is -3.11. The second-order valence-electron chi connectivity index (χ2n) is 6.98. The van der Waals surface area contributed by atoms with Gasteiger partial charge in [0.2, 0.25) is 0 Å². The van der Waals surface area contributed by atoms with Gasteiger partial charge in [0.1, 0.15) is 0 Å². The van der Waals surface area contributed by atoms with Crippen molar-refractivity contribution in [3.8, 4) is 0 Å². The minimum absolute atomic E-state index is 0.137. The van der Waals surface area contributed by atoms with Gasteiger partial charge in [-0.1, -0.05) is 6.07 Å². The summed E-state index contributed by atoms with van der Waals surface area (Å²) in [4.78, 5) is 41.9. The van der Waals surface area contributed by atoms with Crippen molar-refractivity contribution in [3.05, 3.63) is 57.8 Å². The molecule has 4 heterocycles. The van der Waals surface area contributed by atoms with Crippen LogP contribution in [0.1, 0.15) is 21.5 Å². The average molecular weight is 430 g/mol. The van der Waals surface area contributed by atoms with E-state index in [1.165, 1.54) is 24.7 Å². The lowest BCUT2D eigenvalue weighted by Gasteiger charge is -2.36. The Balaban J connectivity index is 1.49. The molecule has 1 saturated heterocycles. The Morgan fingerprint density at radius 1 is 1.23 bits per heavy atom. The fourth-order valence-electron chi connectivity index (χ4n) is 3.65. The highest BCUT2D eigenvalue weighted by molar-refractivity contribution is 7.10. The third kappa shape index (κ3) is 4.10. The molecule has 30 heavy (non-hydrogen) atoms. The van der Waals surface area contributed by atoms with Crippen LogP contribution in [0.15, 0.2) is 51.6 Å². The third-order valence-corrected chi connectivity index (χ3v) is 6.10. The molecule has 0 aliphatic carbocycles. The highest BCUT2D eigenvalue weighted by Crippen LogP contribution is 2.30. The van der Waals surface area contributed by atoms with Crippen molar-refractivity contribution in [2.75, 3.05) is 39.8 Å². The Kier molecular flexibility index (Phi) is 5.86. The third-order valence-electron chi connectivity index (χ3n) is 5.16. The van der Waals surface area contributed by atoms with Crippen molar-refractivity contribution >= 4 is 29.2 Å². The van der Waals surface area contributed by atoms with Crippen LogP contribution in [0.4, 0.5) is 4.79 Å². The minimum atomic E-state index is -0.553. The lowest BCUT2D eigenvalue weighted by molar-refractivity contribution is -0.136. The molecule has 0 spiro atoms. The number of esters is 1. The van der Waals surface area contributed by atoms with Crippen molar-refractivity contribution in [2.45, 2.75) is 6.04 Å². The van der Waals surface area contributed by atoms with E-state index in [1.54, 1.807) is 17.0 Å². The molecule has 1 fully saturated rings. The largest absolute Gasteiger partial charge is 0.466 e. The van der Waals surface area contributed by atoms with Crippen LogP contribution < -0.4 is 10.6 Å². The molecule has 2 aliphatic rings. The number of hydrogen-bond acceptors (Lipinski definition) is 7. The maximum absolute atomic E-state index is 12.6. The van der Waals surface area contributed by atoms with Crippen LogP contribution in [0.5, 0.6) is 0 Å². The van der Waals surface area contributed by atoms with E-state index < -0.39 is 12.0 Å². The van der Waals surface area contributed by atoms with Gasteiger partial charge in [-0.2, -0.15) is 0 Å². The van der Waals surface area contributed by atoms with Crippen LogP contribution in [-0.2, 0) is 9.53 Å². The number of thiophene rings is 1. The molecule has 1 atom stereocenters. The van der Waals surface area contributed by atoms with Gasteiger partial charge in [0.25, 0.3) is 5.91 Å². The standard InChI is InChI=1S/C20H22N4O5S/c1-28-19(26)16-13(21-20(27)22-17(16)15-5-3-11-30-15)12-23-6-8-24(9-7-23)18(25)14-4-2-10-29-14/h2-5,10-11,17H,6-9,12H2,1H3,(H2,21,22,27)/t17-/m0/s1. The molecule has 9 nitrogen and oxygen atoms in total. The van der Waals surface area contributed by atoms with E-state index in [9.17, 15) is 14.4 Å². The van der Waals surface area contributed by atoms with Crippen LogP contribution in [-0.4, -0.2) is 67.5 Å². The molecule has 4 rings (SSSR count). The second kappa shape index (κ2) is 8.72. The molecule has 0 bridgehead atoms. The Morgan fingerprint density at radius 3 is 2.67 bits per heavy atom. The maximum Gasteiger partial charge on any atom is 0.338 e. The number of carbonyl (C=O) groups excluding carboxylic acids is 3. The number of hydrogen-bond donors (Lipinski definition) is 2. The summed E-state index contributed by atoms with van der Waals surface area (Å²) >= 11 is 1.46. The lowest BCUT2D eigenvalue weighted by Crippen LogP contribution is -2.52. The van der Waals surface area contributed by atoms with Gasteiger partial charge in [0, 0.05) is 43.3 Å². The monoisotopic (exact) mass is 430 g/mol. The molecule has 3 amide bonds. The van der Waals surface area contributed by atoms with Gasteiger partial charge < -0.3 is 24.7 Å². The smallest absolute Gasteiger partial charge is 0.338 e. The van der Waals surface area contributed by atoms with Crippen LogP contribution in [0.2, 0.25) is 0 Å². The van der Waals surface area contributed by atoms with E-state index in [1.807, 2.05) is 17.5 Å². The summed E-state index contributed by atoms with van der Waals surface area (Å²) in [6.07, 6.45) is 1.48. The zero-order valence-electron chi connectivity index (χ0n) is 16.4. The lowest BCUT2D eigenvalue weighted by atomic mass is 10.0. The molecule has 2 aromatic heterocycles. The van der Waals surface area contributed by atoms with Crippen LogP contribution in [0.25, 0.3) is 0 Å². The van der Waals surface area contributed by atoms with Gasteiger partial charge in [-0.25, -0.2) is 9.59 Å². The molecule has 0 unspecified atom stereocenters. The Bertz CT molecular complexity index is 946. The van der Waals surface area contributed by atoms with Crippen molar-refractivity contribution in [1.82, 2.24) is 20.4 Å². The summed E-state index contributed by atoms with van der Waals surface area (Å²) in [5, 5.41) is 7.48. The first-order chi connectivity index (χ1) is 14.6. The SMILES string of the molecule is COC(=O)C1=C(CN2CCN(C(=O)c3ccco3)CC2)NC(=O)N[C@H]1c1cccs1. The molecule has 10 heteroatoms. The number of methoxy groups -OCH3 is 1.